The van der Waals surface area contributed by atoms with Gasteiger partial charge >= 0.3 is 0 Å². The van der Waals surface area contributed by atoms with Crippen molar-refractivity contribution >= 4 is 17.5 Å². The summed E-state index contributed by atoms with van der Waals surface area (Å²) >= 11 is 0. The number of carbonyl (C=O) groups excluding carboxylic acids is 2. The van der Waals surface area contributed by atoms with E-state index in [1.54, 1.807) is 0 Å². The molecule has 2 N–H and O–H groups in total. The molecule has 2 amide bonds. The maximum Gasteiger partial charge on any atom is 0.238 e. The lowest BCUT2D eigenvalue weighted by Crippen LogP contribution is -2.57. The Balaban J connectivity index is 1.81. The molecule has 156 valence electrons. The number of anilines is 1. The van der Waals surface area contributed by atoms with Crippen molar-refractivity contribution in [2.45, 2.75) is 59.5 Å². The highest BCUT2D eigenvalue weighted by molar-refractivity contribution is 5.93. The Labute approximate surface area is 169 Å². The Morgan fingerprint density at radius 3 is 2.39 bits per heavy atom. The second-order valence-electron chi connectivity index (χ2n) is 8.51. The molecule has 1 fully saturated rings. The second kappa shape index (κ2) is 9.52. The third-order valence-electron chi connectivity index (χ3n) is 5.93. The molecule has 1 atom stereocenters. The summed E-state index contributed by atoms with van der Waals surface area (Å²) in [6, 6.07) is 5.79. The number of amides is 2. The van der Waals surface area contributed by atoms with E-state index in [4.69, 9.17) is 0 Å². The lowest BCUT2D eigenvalue weighted by Gasteiger charge is -2.38. The first-order valence-electron chi connectivity index (χ1n) is 10.3. The van der Waals surface area contributed by atoms with E-state index in [1.165, 1.54) is 5.56 Å². The summed E-state index contributed by atoms with van der Waals surface area (Å²) < 4.78 is 0. The minimum Gasteiger partial charge on any atom is -0.350 e. The van der Waals surface area contributed by atoms with E-state index in [0.717, 1.165) is 43.9 Å². The predicted octanol–water partition coefficient (Wildman–Crippen LogP) is 2.55. The van der Waals surface area contributed by atoms with Gasteiger partial charge in [0.1, 0.15) is 0 Å². The lowest BCUT2D eigenvalue weighted by molar-refractivity contribution is -0.128. The molecule has 0 saturated carbocycles. The summed E-state index contributed by atoms with van der Waals surface area (Å²) in [6.07, 6.45) is 0.898. The normalized spacial score (nSPS) is 17.2. The van der Waals surface area contributed by atoms with E-state index in [9.17, 15) is 9.59 Å². The maximum atomic E-state index is 12.5. The number of aryl methyl sites for hydroxylation is 1. The number of benzene rings is 1. The van der Waals surface area contributed by atoms with E-state index in [2.05, 4.69) is 27.4 Å². The Morgan fingerprint density at radius 2 is 1.79 bits per heavy atom. The molecule has 6 heteroatoms. The molecule has 6 nitrogen and oxygen atoms in total. The molecular formula is C22H36N4O2. The van der Waals surface area contributed by atoms with Crippen LogP contribution >= 0.6 is 0 Å². The van der Waals surface area contributed by atoms with Gasteiger partial charge in [-0.15, -0.1) is 0 Å². The standard InChI is InChI=1S/C22H36N4O2/c1-7-22(5,6)24-21(28)18(4)26-13-11-25(12-14-26)15-20(27)23-19-10-8-9-16(2)17(19)3/h8-10,18H,7,11-15H2,1-6H3,(H,23,27)(H,24,28). The second-order valence-corrected chi connectivity index (χ2v) is 8.51. The summed E-state index contributed by atoms with van der Waals surface area (Å²) in [4.78, 5) is 29.3. The Kier molecular flexibility index (Phi) is 7.61. The van der Waals surface area contributed by atoms with Gasteiger partial charge in [-0.05, 0) is 58.2 Å². The number of piperazine rings is 1. The van der Waals surface area contributed by atoms with Crippen LogP contribution in [0, 0.1) is 13.8 Å². The van der Waals surface area contributed by atoms with E-state index in [1.807, 2.05) is 52.8 Å². The van der Waals surface area contributed by atoms with Crippen LogP contribution in [0.5, 0.6) is 0 Å². The van der Waals surface area contributed by atoms with Crippen LogP contribution in [-0.4, -0.2) is 65.9 Å². The molecule has 0 spiro atoms. The van der Waals surface area contributed by atoms with Crippen molar-refractivity contribution in [3.05, 3.63) is 29.3 Å². The number of hydrogen-bond donors (Lipinski definition) is 2. The molecule has 1 aromatic rings. The Morgan fingerprint density at radius 1 is 1.14 bits per heavy atom. The molecule has 1 aromatic carbocycles. The third kappa shape index (κ3) is 6.04. The average molecular weight is 389 g/mol. The average Bonchev–Trinajstić information content (AvgIpc) is 2.65. The first-order chi connectivity index (χ1) is 13.1. The number of carbonyl (C=O) groups is 2. The van der Waals surface area contributed by atoms with E-state index in [0.29, 0.717) is 6.54 Å². The van der Waals surface area contributed by atoms with Crippen molar-refractivity contribution in [2.75, 3.05) is 38.0 Å². The fraction of sp³-hybridized carbons (Fsp3) is 0.636. The van der Waals surface area contributed by atoms with Gasteiger partial charge in [0, 0.05) is 37.4 Å². The first-order valence-corrected chi connectivity index (χ1v) is 10.3. The topological polar surface area (TPSA) is 64.7 Å². The highest BCUT2D eigenvalue weighted by atomic mass is 16.2. The van der Waals surface area contributed by atoms with Crippen molar-refractivity contribution in [3.63, 3.8) is 0 Å². The van der Waals surface area contributed by atoms with Gasteiger partial charge in [0.2, 0.25) is 11.8 Å². The summed E-state index contributed by atoms with van der Waals surface area (Å²) in [5, 5.41) is 6.15. The van der Waals surface area contributed by atoms with Crippen molar-refractivity contribution < 1.29 is 9.59 Å². The molecule has 1 aliphatic heterocycles. The molecule has 2 rings (SSSR count). The maximum absolute atomic E-state index is 12.5. The van der Waals surface area contributed by atoms with Crippen LogP contribution < -0.4 is 10.6 Å². The molecule has 0 aliphatic carbocycles. The zero-order valence-corrected chi connectivity index (χ0v) is 18.3. The van der Waals surface area contributed by atoms with Gasteiger partial charge in [0.25, 0.3) is 0 Å². The van der Waals surface area contributed by atoms with E-state index >= 15 is 0 Å². The number of rotatable bonds is 7. The summed E-state index contributed by atoms with van der Waals surface area (Å²) in [6.45, 7) is 15.7. The Hall–Kier alpha value is -1.92. The van der Waals surface area contributed by atoms with Gasteiger partial charge in [-0.25, -0.2) is 0 Å². The van der Waals surface area contributed by atoms with Crippen molar-refractivity contribution in [2.24, 2.45) is 0 Å². The van der Waals surface area contributed by atoms with E-state index < -0.39 is 0 Å². The first kappa shape index (κ1) is 22.4. The molecule has 0 aromatic heterocycles. The molecule has 1 aliphatic rings. The number of nitrogens with zero attached hydrogens (tertiary/aromatic N) is 2. The highest BCUT2D eigenvalue weighted by Gasteiger charge is 2.28. The summed E-state index contributed by atoms with van der Waals surface area (Å²) in [7, 11) is 0. The minimum atomic E-state index is -0.181. The molecule has 0 radical (unpaired) electrons. The van der Waals surface area contributed by atoms with Crippen molar-refractivity contribution in [1.29, 1.82) is 0 Å². The largest absolute Gasteiger partial charge is 0.350 e. The molecular weight excluding hydrogens is 352 g/mol. The fourth-order valence-electron chi connectivity index (χ4n) is 3.28. The van der Waals surface area contributed by atoms with Crippen molar-refractivity contribution in [3.8, 4) is 0 Å². The van der Waals surface area contributed by atoms with Crippen LogP contribution in [0.3, 0.4) is 0 Å². The van der Waals surface area contributed by atoms with Crippen LogP contribution in [0.4, 0.5) is 5.69 Å². The highest BCUT2D eigenvalue weighted by Crippen LogP contribution is 2.18. The summed E-state index contributed by atoms with van der Waals surface area (Å²) in [5.41, 5.74) is 2.98. The smallest absolute Gasteiger partial charge is 0.238 e. The van der Waals surface area contributed by atoms with Gasteiger partial charge in [-0.2, -0.15) is 0 Å². The minimum absolute atomic E-state index is 0.0117. The zero-order chi connectivity index (χ0) is 20.9. The molecule has 28 heavy (non-hydrogen) atoms. The fourth-order valence-corrected chi connectivity index (χ4v) is 3.28. The van der Waals surface area contributed by atoms with Gasteiger partial charge in [-0.1, -0.05) is 19.1 Å². The van der Waals surface area contributed by atoms with Crippen LogP contribution in [0.15, 0.2) is 18.2 Å². The van der Waals surface area contributed by atoms with Gasteiger partial charge in [0.05, 0.1) is 12.6 Å². The van der Waals surface area contributed by atoms with Crippen LogP contribution in [0.25, 0.3) is 0 Å². The summed E-state index contributed by atoms with van der Waals surface area (Å²) in [5.74, 6) is 0.0885. The monoisotopic (exact) mass is 388 g/mol. The van der Waals surface area contributed by atoms with Gasteiger partial charge < -0.3 is 10.6 Å². The van der Waals surface area contributed by atoms with Crippen LogP contribution in [-0.2, 0) is 9.59 Å². The third-order valence-corrected chi connectivity index (χ3v) is 5.93. The van der Waals surface area contributed by atoms with Gasteiger partial charge in [-0.3, -0.25) is 19.4 Å². The quantitative estimate of drug-likeness (QED) is 0.753. The SMILES string of the molecule is CCC(C)(C)NC(=O)C(C)N1CCN(CC(=O)Nc2cccc(C)c2C)CC1. The predicted molar refractivity (Wildman–Crippen MR) is 115 cm³/mol. The van der Waals surface area contributed by atoms with Gasteiger partial charge in [0.15, 0.2) is 0 Å². The molecule has 1 unspecified atom stereocenters. The molecule has 0 bridgehead atoms. The Bertz CT molecular complexity index is 694. The van der Waals surface area contributed by atoms with Crippen molar-refractivity contribution in [1.82, 2.24) is 15.1 Å². The lowest BCUT2D eigenvalue weighted by atomic mass is 10.0. The molecule has 1 heterocycles. The number of hydrogen-bond acceptors (Lipinski definition) is 4. The molecule has 1 saturated heterocycles. The van der Waals surface area contributed by atoms with Crippen LogP contribution in [0.2, 0.25) is 0 Å². The zero-order valence-electron chi connectivity index (χ0n) is 18.3. The number of nitrogens with one attached hydrogen (secondary N) is 2. The van der Waals surface area contributed by atoms with E-state index in [-0.39, 0.29) is 23.4 Å². The van der Waals surface area contributed by atoms with Crippen LogP contribution in [0.1, 0.15) is 45.2 Å².